The maximum atomic E-state index is 13.7. The fourth-order valence-corrected chi connectivity index (χ4v) is 4.04. The molecule has 0 amide bonds. The van der Waals surface area contributed by atoms with Gasteiger partial charge in [0.15, 0.2) is 0 Å². The number of hydrogen-bond acceptors (Lipinski definition) is 3. The third kappa shape index (κ3) is 2.57. The minimum Gasteiger partial charge on any atom is -0.298 e. The van der Waals surface area contributed by atoms with Crippen LogP contribution < -0.4 is 0 Å². The standard InChI is InChI=1S/C13H16F2N2O2S/c14-10-1-4-13(12(15)9-10)20(18,19)17-7-5-16(6-8-17)11-2-3-11/h1,4,9,11H,2-3,5-8H2. The molecule has 20 heavy (non-hydrogen) atoms. The Bertz CT molecular complexity index is 609. The molecular weight excluding hydrogens is 286 g/mol. The van der Waals surface area contributed by atoms with E-state index in [1.165, 1.54) is 17.1 Å². The van der Waals surface area contributed by atoms with Crippen LogP contribution >= 0.6 is 0 Å². The molecule has 3 rings (SSSR count). The SMILES string of the molecule is O=S(=O)(c1ccc(F)cc1F)N1CCN(C2CC2)CC1. The van der Waals surface area contributed by atoms with Gasteiger partial charge in [-0.25, -0.2) is 17.2 Å². The van der Waals surface area contributed by atoms with Gasteiger partial charge in [-0.05, 0) is 25.0 Å². The smallest absolute Gasteiger partial charge is 0.246 e. The van der Waals surface area contributed by atoms with Gasteiger partial charge in [-0.1, -0.05) is 0 Å². The van der Waals surface area contributed by atoms with Crippen LogP contribution in [-0.2, 0) is 10.0 Å². The monoisotopic (exact) mass is 302 g/mol. The molecule has 1 aromatic carbocycles. The van der Waals surface area contributed by atoms with Crippen molar-refractivity contribution in [3.05, 3.63) is 29.8 Å². The van der Waals surface area contributed by atoms with Crippen molar-refractivity contribution in [2.45, 2.75) is 23.8 Å². The van der Waals surface area contributed by atoms with Crippen molar-refractivity contribution in [2.75, 3.05) is 26.2 Å². The molecule has 2 fully saturated rings. The average molecular weight is 302 g/mol. The average Bonchev–Trinajstić information content (AvgIpc) is 3.22. The highest BCUT2D eigenvalue weighted by molar-refractivity contribution is 7.89. The van der Waals surface area contributed by atoms with Crippen LogP contribution in [0.15, 0.2) is 23.1 Å². The lowest BCUT2D eigenvalue weighted by Gasteiger charge is -2.34. The number of piperazine rings is 1. The highest BCUT2D eigenvalue weighted by Gasteiger charge is 2.35. The first kappa shape index (κ1) is 13.9. The van der Waals surface area contributed by atoms with E-state index in [4.69, 9.17) is 0 Å². The number of halogens is 2. The summed E-state index contributed by atoms with van der Waals surface area (Å²) in [4.78, 5) is 1.83. The van der Waals surface area contributed by atoms with Crippen LogP contribution in [0.1, 0.15) is 12.8 Å². The zero-order valence-electron chi connectivity index (χ0n) is 10.9. The van der Waals surface area contributed by atoms with Gasteiger partial charge in [-0.15, -0.1) is 0 Å². The van der Waals surface area contributed by atoms with E-state index in [0.717, 1.165) is 12.1 Å². The highest BCUT2D eigenvalue weighted by atomic mass is 32.2. The Kier molecular flexibility index (Phi) is 3.51. The molecule has 1 aliphatic carbocycles. The first-order valence-electron chi connectivity index (χ1n) is 6.68. The van der Waals surface area contributed by atoms with Gasteiger partial charge in [0.25, 0.3) is 0 Å². The van der Waals surface area contributed by atoms with E-state index >= 15 is 0 Å². The zero-order valence-corrected chi connectivity index (χ0v) is 11.7. The zero-order chi connectivity index (χ0) is 14.3. The molecule has 0 atom stereocenters. The molecule has 4 nitrogen and oxygen atoms in total. The molecule has 0 aromatic heterocycles. The predicted octanol–water partition coefficient (Wildman–Crippen LogP) is 1.43. The number of benzene rings is 1. The van der Waals surface area contributed by atoms with Crippen LogP contribution in [-0.4, -0.2) is 49.8 Å². The van der Waals surface area contributed by atoms with Crippen molar-refractivity contribution < 1.29 is 17.2 Å². The summed E-state index contributed by atoms with van der Waals surface area (Å²) in [5, 5.41) is 0. The second-order valence-electron chi connectivity index (χ2n) is 5.25. The Morgan fingerprint density at radius 1 is 1.05 bits per heavy atom. The fourth-order valence-electron chi connectivity index (χ4n) is 2.57. The van der Waals surface area contributed by atoms with E-state index in [-0.39, 0.29) is 0 Å². The summed E-state index contributed by atoms with van der Waals surface area (Å²) in [6.07, 6.45) is 2.36. The van der Waals surface area contributed by atoms with Crippen molar-refractivity contribution in [3.8, 4) is 0 Å². The first-order valence-corrected chi connectivity index (χ1v) is 8.12. The maximum absolute atomic E-state index is 13.7. The normalized spacial score (nSPS) is 22.1. The van der Waals surface area contributed by atoms with Gasteiger partial charge in [-0.2, -0.15) is 4.31 Å². The van der Waals surface area contributed by atoms with Gasteiger partial charge in [-0.3, -0.25) is 4.90 Å². The summed E-state index contributed by atoms with van der Waals surface area (Å²) in [5.41, 5.74) is 0. The van der Waals surface area contributed by atoms with Crippen LogP contribution in [0.3, 0.4) is 0 Å². The quantitative estimate of drug-likeness (QED) is 0.848. The van der Waals surface area contributed by atoms with Crippen molar-refractivity contribution in [1.29, 1.82) is 0 Å². The summed E-state index contributed by atoms with van der Waals surface area (Å²) >= 11 is 0. The van der Waals surface area contributed by atoms with Crippen molar-refractivity contribution in [2.24, 2.45) is 0 Å². The lowest BCUT2D eigenvalue weighted by molar-refractivity contribution is 0.180. The third-order valence-electron chi connectivity index (χ3n) is 3.85. The minimum atomic E-state index is -3.87. The highest BCUT2D eigenvalue weighted by Crippen LogP contribution is 2.29. The van der Waals surface area contributed by atoms with Crippen LogP contribution in [0, 0.1) is 11.6 Å². The summed E-state index contributed by atoms with van der Waals surface area (Å²) in [6, 6.07) is 3.17. The summed E-state index contributed by atoms with van der Waals surface area (Å²) in [5.74, 6) is -1.81. The van der Waals surface area contributed by atoms with Crippen LogP contribution in [0.2, 0.25) is 0 Å². The molecule has 0 radical (unpaired) electrons. The largest absolute Gasteiger partial charge is 0.298 e. The van der Waals surface area contributed by atoms with Gasteiger partial charge < -0.3 is 0 Å². The molecule has 7 heteroatoms. The Balaban J connectivity index is 1.78. The van der Waals surface area contributed by atoms with E-state index in [9.17, 15) is 17.2 Å². The molecule has 0 bridgehead atoms. The number of hydrogen-bond donors (Lipinski definition) is 0. The Hall–Kier alpha value is -1.05. The van der Waals surface area contributed by atoms with Crippen LogP contribution in [0.5, 0.6) is 0 Å². The summed E-state index contributed by atoms with van der Waals surface area (Å²) in [6.45, 7) is 2.06. The molecule has 1 heterocycles. The number of rotatable bonds is 3. The number of sulfonamides is 1. The topological polar surface area (TPSA) is 40.6 Å². The molecule has 0 unspecified atom stereocenters. The van der Waals surface area contributed by atoms with Gasteiger partial charge in [0.1, 0.15) is 16.5 Å². The van der Waals surface area contributed by atoms with Gasteiger partial charge in [0.05, 0.1) is 0 Å². The molecular formula is C13H16F2N2O2S. The maximum Gasteiger partial charge on any atom is 0.246 e. The van der Waals surface area contributed by atoms with Gasteiger partial charge in [0.2, 0.25) is 10.0 Å². The Labute approximate surface area is 117 Å². The molecule has 0 N–H and O–H groups in total. The molecule has 0 spiro atoms. The molecule has 1 saturated carbocycles. The summed E-state index contributed by atoms with van der Waals surface area (Å²) in [7, 11) is -3.87. The molecule has 1 aliphatic heterocycles. The second-order valence-corrected chi connectivity index (χ2v) is 7.15. The molecule has 110 valence electrons. The van der Waals surface area contributed by atoms with Crippen molar-refractivity contribution in [3.63, 3.8) is 0 Å². The van der Waals surface area contributed by atoms with Crippen molar-refractivity contribution >= 4 is 10.0 Å². The lowest BCUT2D eigenvalue weighted by Crippen LogP contribution is -2.49. The fraction of sp³-hybridized carbons (Fsp3) is 0.538. The number of nitrogens with zero attached hydrogens (tertiary/aromatic N) is 2. The summed E-state index contributed by atoms with van der Waals surface area (Å²) < 4.78 is 52.5. The molecule has 1 saturated heterocycles. The Morgan fingerprint density at radius 3 is 2.25 bits per heavy atom. The van der Waals surface area contributed by atoms with E-state index in [0.29, 0.717) is 38.3 Å². The third-order valence-corrected chi connectivity index (χ3v) is 5.78. The van der Waals surface area contributed by atoms with E-state index < -0.39 is 26.6 Å². The lowest BCUT2D eigenvalue weighted by atomic mass is 10.3. The molecule has 2 aliphatic rings. The predicted molar refractivity (Wildman–Crippen MR) is 69.7 cm³/mol. The van der Waals surface area contributed by atoms with E-state index in [2.05, 4.69) is 4.90 Å². The molecule has 1 aromatic rings. The van der Waals surface area contributed by atoms with Gasteiger partial charge >= 0.3 is 0 Å². The van der Waals surface area contributed by atoms with E-state index in [1.54, 1.807) is 0 Å². The van der Waals surface area contributed by atoms with Gasteiger partial charge in [0, 0.05) is 38.3 Å². The van der Waals surface area contributed by atoms with Crippen molar-refractivity contribution in [1.82, 2.24) is 9.21 Å². The minimum absolute atomic E-state index is 0.357. The van der Waals surface area contributed by atoms with Crippen LogP contribution in [0.25, 0.3) is 0 Å². The Morgan fingerprint density at radius 2 is 1.70 bits per heavy atom. The van der Waals surface area contributed by atoms with E-state index in [1.807, 2.05) is 0 Å². The van der Waals surface area contributed by atoms with Crippen LogP contribution in [0.4, 0.5) is 8.78 Å². The second kappa shape index (κ2) is 5.05. The first-order chi connectivity index (χ1) is 9.48.